The van der Waals surface area contributed by atoms with Crippen LogP contribution in [0.2, 0.25) is 0 Å². The zero-order chi connectivity index (χ0) is 13.9. The topological polar surface area (TPSA) is 71.4 Å². The number of hydrogen-bond acceptors (Lipinski definition) is 6. The monoisotopic (exact) mass is 351 g/mol. The summed E-state index contributed by atoms with van der Waals surface area (Å²) < 4.78 is 5.05. The van der Waals surface area contributed by atoms with Crippen LogP contribution in [-0.2, 0) is 13.1 Å². The number of likely N-dealkylation sites (tertiary alicyclic amines) is 1. The van der Waals surface area contributed by atoms with Crippen molar-refractivity contribution < 1.29 is 4.52 Å². The van der Waals surface area contributed by atoms with Crippen LogP contribution in [0.15, 0.2) is 4.52 Å². The summed E-state index contributed by atoms with van der Waals surface area (Å²) in [5.74, 6) is 3.04. The molecule has 1 aromatic rings. The van der Waals surface area contributed by atoms with Crippen LogP contribution in [0.5, 0.6) is 0 Å². The zero-order valence-electron chi connectivity index (χ0n) is 13.1. The van der Waals surface area contributed by atoms with Gasteiger partial charge in [0, 0.05) is 19.6 Å². The summed E-state index contributed by atoms with van der Waals surface area (Å²) in [6, 6.07) is 0. The maximum atomic E-state index is 5.48. The Hall–Kier alpha value is -0.400. The first-order valence-electron chi connectivity index (χ1n) is 7.65. The van der Waals surface area contributed by atoms with Crippen LogP contribution < -0.4 is 5.73 Å². The smallest absolute Gasteiger partial charge is 0.240 e. The Morgan fingerprint density at radius 1 is 1.23 bits per heavy atom. The molecule has 1 aliphatic carbocycles. The summed E-state index contributed by atoms with van der Waals surface area (Å²) >= 11 is 0. The molecule has 1 saturated heterocycles. The lowest BCUT2D eigenvalue weighted by Crippen LogP contribution is -2.29. The number of hydrogen-bond donors (Lipinski definition) is 1. The van der Waals surface area contributed by atoms with Gasteiger partial charge >= 0.3 is 0 Å². The minimum Gasteiger partial charge on any atom is -0.338 e. The van der Waals surface area contributed by atoms with Crippen LogP contribution in [0, 0.1) is 11.8 Å². The van der Waals surface area contributed by atoms with Gasteiger partial charge in [-0.2, -0.15) is 4.98 Å². The summed E-state index contributed by atoms with van der Waals surface area (Å²) in [6.45, 7) is 5.87. The van der Waals surface area contributed by atoms with E-state index in [-0.39, 0.29) is 24.8 Å². The Labute approximate surface area is 144 Å². The molecule has 1 saturated carbocycles. The van der Waals surface area contributed by atoms with Gasteiger partial charge in [0.1, 0.15) is 0 Å². The maximum Gasteiger partial charge on any atom is 0.240 e. The average Bonchev–Trinajstić information content (AvgIpc) is 2.95. The number of rotatable bonds is 7. The molecule has 22 heavy (non-hydrogen) atoms. The van der Waals surface area contributed by atoms with Gasteiger partial charge in [0.15, 0.2) is 5.82 Å². The van der Waals surface area contributed by atoms with Crippen LogP contribution in [0.25, 0.3) is 0 Å². The van der Waals surface area contributed by atoms with E-state index in [1.165, 1.54) is 32.4 Å². The van der Waals surface area contributed by atoms with Crippen LogP contribution in [0.3, 0.4) is 0 Å². The summed E-state index contributed by atoms with van der Waals surface area (Å²) in [7, 11) is 2.26. The third kappa shape index (κ3) is 5.66. The Morgan fingerprint density at radius 3 is 2.59 bits per heavy atom. The molecule has 6 nitrogen and oxygen atoms in total. The normalized spacial score (nSPS) is 21.7. The van der Waals surface area contributed by atoms with Crippen LogP contribution in [0.4, 0.5) is 0 Å². The highest BCUT2D eigenvalue weighted by Gasteiger charge is 2.27. The summed E-state index contributed by atoms with van der Waals surface area (Å²) in [4.78, 5) is 9.20. The molecule has 1 unspecified atom stereocenters. The van der Waals surface area contributed by atoms with E-state index in [1.807, 2.05) is 0 Å². The fraction of sp³-hybridized carbons (Fsp3) is 0.857. The van der Waals surface area contributed by atoms with E-state index in [0.29, 0.717) is 12.4 Å². The molecule has 3 rings (SSSR count). The van der Waals surface area contributed by atoms with Crippen LogP contribution in [0.1, 0.15) is 31.0 Å². The lowest BCUT2D eigenvalue weighted by atomic mass is 10.1. The van der Waals surface area contributed by atoms with Crippen LogP contribution >= 0.6 is 24.8 Å². The molecule has 0 amide bonds. The number of nitrogens with zero attached hydrogens (tertiary/aromatic N) is 4. The molecule has 0 aromatic carbocycles. The molecule has 0 bridgehead atoms. The van der Waals surface area contributed by atoms with Gasteiger partial charge in [0.2, 0.25) is 5.89 Å². The largest absolute Gasteiger partial charge is 0.338 e. The molecule has 2 fully saturated rings. The average molecular weight is 352 g/mol. The van der Waals surface area contributed by atoms with E-state index in [2.05, 4.69) is 27.0 Å². The summed E-state index contributed by atoms with van der Waals surface area (Å²) in [6.07, 6.45) is 4.14. The molecule has 1 aliphatic heterocycles. The third-order valence-corrected chi connectivity index (χ3v) is 4.26. The Morgan fingerprint density at radius 2 is 1.95 bits per heavy atom. The van der Waals surface area contributed by atoms with E-state index in [9.17, 15) is 0 Å². The van der Waals surface area contributed by atoms with Gasteiger partial charge in [-0.3, -0.25) is 4.90 Å². The standard InChI is InChI=1S/C14H25N5O.2ClH/c1-18(7-11-2-3-11)8-12-4-5-19(9-12)10-13-16-14(6-15)20-17-13;;/h11-12H,2-10,15H2,1H3;2*1H. The zero-order valence-corrected chi connectivity index (χ0v) is 14.7. The molecule has 128 valence electrons. The van der Waals surface area contributed by atoms with E-state index in [4.69, 9.17) is 10.3 Å². The van der Waals surface area contributed by atoms with Crippen molar-refractivity contribution in [1.82, 2.24) is 19.9 Å². The van der Waals surface area contributed by atoms with Gasteiger partial charge in [0.25, 0.3) is 0 Å². The second kappa shape index (κ2) is 9.03. The highest BCUT2D eigenvalue weighted by Crippen LogP contribution is 2.30. The van der Waals surface area contributed by atoms with Crippen molar-refractivity contribution in [2.75, 3.05) is 33.2 Å². The van der Waals surface area contributed by atoms with Crippen molar-refractivity contribution in [1.29, 1.82) is 0 Å². The lowest BCUT2D eigenvalue weighted by Gasteiger charge is -2.21. The SMILES string of the molecule is CN(CC1CC1)CC1CCN(Cc2noc(CN)n2)C1.Cl.Cl. The maximum absolute atomic E-state index is 5.48. The second-order valence-electron chi connectivity index (χ2n) is 6.36. The third-order valence-electron chi connectivity index (χ3n) is 4.26. The van der Waals surface area contributed by atoms with Crippen LogP contribution in [-0.4, -0.2) is 53.2 Å². The van der Waals surface area contributed by atoms with Gasteiger partial charge in [-0.25, -0.2) is 0 Å². The van der Waals surface area contributed by atoms with Gasteiger partial charge < -0.3 is 15.2 Å². The van der Waals surface area contributed by atoms with Crippen molar-refractivity contribution >= 4 is 24.8 Å². The molecular formula is C14H27Cl2N5O. The van der Waals surface area contributed by atoms with Crippen molar-refractivity contribution in [2.24, 2.45) is 17.6 Å². The first-order chi connectivity index (χ1) is 9.72. The quantitative estimate of drug-likeness (QED) is 0.803. The lowest BCUT2D eigenvalue weighted by molar-refractivity contribution is 0.250. The predicted molar refractivity (Wildman–Crippen MR) is 90.3 cm³/mol. The highest BCUT2D eigenvalue weighted by atomic mass is 35.5. The highest BCUT2D eigenvalue weighted by molar-refractivity contribution is 5.85. The minimum atomic E-state index is 0. The molecule has 2 N–H and O–H groups in total. The van der Waals surface area contributed by atoms with E-state index >= 15 is 0 Å². The van der Waals surface area contributed by atoms with Crippen molar-refractivity contribution in [3.05, 3.63) is 11.7 Å². The molecule has 2 heterocycles. The first-order valence-corrected chi connectivity index (χ1v) is 7.65. The molecule has 0 radical (unpaired) electrons. The first kappa shape index (κ1) is 19.6. The van der Waals surface area contributed by atoms with E-state index in [1.54, 1.807) is 0 Å². The Kier molecular flexibility index (Phi) is 8.07. The number of halogens is 2. The van der Waals surface area contributed by atoms with E-state index in [0.717, 1.165) is 37.3 Å². The fourth-order valence-electron chi connectivity index (χ4n) is 3.10. The number of aromatic nitrogens is 2. The second-order valence-corrected chi connectivity index (χ2v) is 6.36. The molecular weight excluding hydrogens is 325 g/mol. The summed E-state index contributed by atoms with van der Waals surface area (Å²) in [5, 5.41) is 3.97. The molecule has 8 heteroatoms. The summed E-state index contributed by atoms with van der Waals surface area (Å²) in [5.41, 5.74) is 5.48. The van der Waals surface area contributed by atoms with Crippen molar-refractivity contribution in [3.8, 4) is 0 Å². The molecule has 0 spiro atoms. The Bertz CT molecular complexity index is 441. The van der Waals surface area contributed by atoms with Crippen molar-refractivity contribution in [2.45, 2.75) is 32.4 Å². The van der Waals surface area contributed by atoms with Gasteiger partial charge in [-0.1, -0.05) is 5.16 Å². The predicted octanol–water partition coefficient (Wildman–Crippen LogP) is 1.54. The van der Waals surface area contributed by atoms with E-state index < -0.39 is 0 Å². The molecule has 1 aromatic heterocycles. The molecule has 2 aliphatic rings. The Balaban J connectivity index is 0.00000121. The van der Waals surface area contributed by atoms with Gasteiger partial charge in [0.05, 0.1) is 13.1 Å². The molecule has 1 atom stereocenters. The van der Waals surface area contributed by atoms with Crippen molar-refractivity contribution in [3.63, 3.8) is 0 Å². The van der Waals surface area contributed by atoms with Gasteiger partial charge in [-0.05, 0) is 44.7 Å². The van der Waals surface area contributed by atoms with Gasteiger partial charge in [-0.15, -0.1) is 24.8 Å². The number of nitrogens with two attached hydrogens (primary N) is 1. The fourth-order valence-corrected chi connectivity index (χ4v) is 3.10. The minimum absolute atomic E-state index is 0.